The van der Waals surface area contributed by atoms with E-state index in [0.717, 1.165) is 16.8 Å². The largest absolute Gasteiger partial charge is 0.321 e. The Kier molecular flexibility index (Phi) is 6.14. The lowest BCUT2D eigenvalue weighted by atomic mass is 10.0. The van der Waals surface area contributed by atoms with Crippen molar-refractivity contribution in [3.05, 3.63) is 70.8 Å². The standard InChI is InChI=1S/C22H24N2O/c1-15(2)18-11-9-17(10-12-18)13-19(14-23)22(25)24-21-8-6-5-7-20(21)16(3)4/h5-13,15-16H,1-4H3,(H,24,25). The van der Waals surface area contributed by atoms with Crippen LogP contribution in [0.5, 0.6) is 0 Å². The van der Waals surface area contributed by atoms with E-state index in [4.69, 9.17) is 0 Å². The highest BCUT2D eigenvalue weighted by atomic mass is 16.1. The molecule has 2 aromatic rings. The highest BCUT2D eigenvalue weighted by Crippen LogP contribution is 2.24. The third kappa shape index (κ3) is 4.81. The van der Waals surface area contributed by atoms with Crippen molar-refractivity contribution in [1.82, 2.24) is 0 Å². The molecule has 0 aliphatic heterocycles. The van der Waals surface area contributed by atoms with Crippen molar-refractivity contribution in [1.29, 1.82) is 5.26 Å². The van der Waals surface area contributed by atoms with Gasteiger partial charge in [-0.05, 0) is 40.7 Å². The number of nitrogens with one attached hydrogen (secondary N) is 1. The predicted molar refractivity (Wildman–Crippen MR) is 103 cm³/mol. The van der Waals surface area contributed by atoms with E-state index >= 15 is 0 Å². The number of para-hydroxylation sites is 1. The van der Waals surface area contributed by atoms with Crippen molar-refractivity contribution in [3.63, 3.8) is 0 Å². The molecule has 2 aromatic carbocycles. The molecule has 0 saturated carbocycles. The molecule has 3 heteroatoms. The van der Waals surface area contributed by atoms with E-state index in [-0.39, 0.29) is 17.4 Å². The van der Waals surface area contributed by atoms with Gasteiger partial charge in [0.05, 0.1) is 0 Å². The second kappa shape index (κ2) is 8.30. The number of carbonyl (C=O) groups excluding carboxylic acids is 1. The zero-order valence-electron chi connectivity index (χ0n) is 15.2. The number of rotatable bonds is 5. The molecule has 0 fully saturated rings. The Morgan fingerprint density at radius 1 is 1.00 bits per heavy atom. The Morgan fingerprint density at radius 2 is 1.64 bits per heavy atom. The first-order valence-electron chi connectivity index (χ1n) is 8.54. The quantitative estimate of drug-likeness (QED) is 0.582. The van der Waals surface area contributed by atoms with Gasteiger partial charge in [0.15, 0.2) is 0 Å². The molecule has 0 saturated heterocycles. The highest BCUT2D eigenvalue weighted by Gasteiger charge is 2.13. The van der Waals surface area contributed by atoms with Crippen molar-refractivity contribution in [2.24, 2.45) is 0 Å². The van der Waals surface area contributed by atoms with E-state index in [9.17, 15) is 10.1 Å². The van der Waals surface area contributed by atoms with E-state index in [2.05, 4.69) is 33.0 Å². The molecule has 0 aliphatic carbocycles. The number of carbonyl (C=O) groups is 1. The lowest BCUT2D eigenvalue weighted by Crippen LogP contribution is -2.15. The van der Waals surface area contributed by atoms with Gasteiger partial charge in [0.1, 0.15) is 11.6 Å². The van der Waals surface area contributed by atoms with Gasteiger partial charge < -0.3 is 5.32 Å². The Balaban J connectivity index is 2.23. The number of anilines is 1. The van der Waals surface area contributed by atoms with Crippen molar-refractivity contribution in [2.45, 2.75) is 39.5 Å². The van der Waals surface area contributed by atoms with E-state index < -0.39 is 0 Å². The molecule has 128 valence electrons. The minimum Gasteiger partial charge on any atom is -0.321 e. The average Bonchev–Trinajstić information content (AvgIpc) is 2.60. The van der Waals surface area contributed by atoms with Gasteiger partial charge in [-0.15, -0.1) is 0 Å². The lowest BCUT2D eigenvalue weighted by molar-refractivity contribution is -0.112. The number of nitriles is 1. The Morgan fingerprint density at radius 3 is 2.20 bits per heavy atom. The summed E-state index contributed by atoms with van der Waals surface area (Å²) >= 11 is 0. The number of nitrogens with zero attached hydrogens (tertiary/aromatic N) is 1. The van der Waals surface area contributed by atoms with Gasteiger partial charge >= 0.3 is 0 Å². The van der Waals surface area contributed by atoms with Crippen LogP contribution in [0.15, 0.2) is 54.1 Å². The van der Waals surface area contributed by atoms with Gasteiger partial charge in [-0.1, -0.05) is 70.2 Å². The number of hydrogen-bond acceptors (Lipinski definition) is 2. The van der Waals surface area contributed by atoms with E-state index in [1.807, 2.05) is 54.6 Å². The summed E-state index contributed by atoms with van der Waals surface area (Å²) in [4.78, 5) is 12.5. The van der Waals surface area contributed by atoms with Crippen LogP contribution < -0.4 is 5.32 Å². The van der Waals surface area contributed by atoms with Crippen LogP contribution in [0, 0.1) is 11.3 Å². The number of amides is 1. The summed E-state index contributed by atoms with van der Waals surface area (Å²) in [5, 5.41) is 12.2. The smallest absolute Gasteiger partial charge is 0.266 e. The molecule has 0 unspecified atom stereocenters. The SMILES string of the molecule is CC(C)c1ccc(C=C(C#N)C(=O)Nc2ccccc2C(C)C)cc1. The van der Waals surface area contributed by atoms with Gasteiger partial charge in [0.2, 0.25) is 0 Å². The fourth-order valence-corrected chi connectivity index (χ4v) is 2.60. The third-order valence-electron chi connectivity index (χ3n) is 4.11. The molecule has 25 heavy (non-hydrogen) atoms. The molecule has 0 aliphatic rings. The molecule has 0 atom stereocenters. The lowest BCUT2D eigenvalue weighted by Gasteiger charge is -2.13. The van der Waals surface area contributed by atoms with E-state index in [0.29, 0.717) is 5.92 Å². The van der Waals surface area contributed by atoms with Crippen LogP contribution in [-0.2, 0) is 4.79 Å². The van der Waals surface area contributed by atoms with E-state index in [1.54, 1.807) is 6.08 Å². The second-order valence-electron chi connectivity index (χ2n) is 6.69. The van der Waals surface area contributed by atoms with Crippen LogP contribution in [0.3, 0.4) is 0 Å². The molecule has 0 heterocycles. The maximum absolute atomic E-state index is 12.5. The summed E-state index contributed by atoms with van der Waals surface area (Å²) in [5.74, 6) is 0.349. The van der Waals surface area contributed by atoms with Gasteiger partial charge in [0, 0.05) is 5.69 Å². The number of benzene rings is 2. The van der Waals surface area contributed by atoms with Crippen LogP contribution in [0.25, 0.3) is 6.08 Å². The second-order valence-corrected chi connectivity index (χ2v) is 6.69. The van der Waals surface area contributed by atoms with Gasteiger partial charge in [-0.2, -0.15) is 5.26 Å². The first-order chi connectivity index (χ1) is 11.9. The summed E-state index contributed by atoms with van der Waals surface area (Å²) < 4.78 is 0. The maximum Gasteiger partial charge on any atom is 0.266 e. The Labute approximate surface area is 150 Å². The molecule has 0 aromatic heterocycles. The first-order valence-corrected chi connectivity index (χ1v) is 8.54. The zero-order chi connectivity index (χ0) is 18.4. The van der Waals surface area contributed by atoms with Crippen LogP contribution in [0.4, 0.5) is 5.69 Å². The predicted octanol–water partition coefficient (Wildman–Crippen LogP) is 5.48. The van der Waals surface area contributed by atoms with E-state index in [1.165, 1.54) is 5.56 Å². The van der Waals surface area contributed by atoms with Gasteiger partial charge in [-0.25, -0.2) is 0 Å². The van der Waals surface area contributed by atoms with Crippen LogP contribution in [0.1, 0.15) is 56.2 Å². The first kappa shape index (κ1) is 18.5. The summed E-state index contributed by atoms with van der Waals surface area (Å²) in [6, 6.07) is 17.6. The van der Waals surface area contributed by atoms with Gasteiger partial charge in [-0.3, -0.25) is 4.79 Å². The molecule has 1 N–H and O–H groups in total. The van der Waals surface area contributed by atoms with Crippen molar-refractivity contribution < 1.29 is 4.79 Å². The molecule has 3 nitrogen and oxygen atoms in total. The summed E-state index contributed by atoms with van der Waals surface area (Å²) in [6.07, 6.45) is 1.62. The summed E-state index contributed by atoms with van der Waals surface area (Å²) in [5.41, 5.74) is 3.96. The van der Waals surface area contributed by atoms with Crippen molar-refractivity contribution in [3.8, 4) is 6.07 Å². The van der Waals surface area contributed by atoms with Crippen molar-refractivity contribution in [2.75, 3.05) is 5.32 Å². The van der Waals surface area contributed by atoms with Crippen LogP contribution >= 0.6 is 0 Å². The molecular formula is C22H24N2O. The Hall–Kier alpha value is -2.86. The molecule has 0 bridgehead atoms. The molecular weight excluding hydrogens is 308 g/mol. The molecule has 2 rings (SSSR count). The fourth-order valence-electron chi connectivity index (χ4n) is 2.60. The fraction of sp³-hybridized carbons (Fsp3) is 0.273. The molecule has 0 radical (unpaired) electrons. The molecule has 1 amide bonds. The Bertz CT molecular complexity index is 809. The summed E-state index contributed by atoms with van der Waals surface area (Å²) in [7, 11) is 0. The third-order valence-corrected chi connectivity index (χ3v) is 4.11. The summed E-state index contributed by atoms with van der Waals surface area (Å²) in [6.45, 7) is 8.40. The average molecular weight is 332 g/mol. The van der Waals surface area contributed by atoms with Crippen molar-refractivity contribution >= 4 is 17.7 Å². The molecule has 0 spiro atoms. The monoisotopic (exact) mass is 332 g/mol. The maximum atomic E-state index is 12.5. The highest BCUT2D eigenvalue weighted by molar-refractivity contribution is 6.10. The zero-order valence-corrected chi connectivity index (χ0v) is 15.2. The van der Waals surface area contributed by atoms with Gasteiger partial charge in [0.25, 0.3) is 5.91 Å². The van der Waals surface area contributed by atoms with Crippen LogP contribution in [-0.4, -0.2) is 5.91 Å². The minimum absolute atomic E-state index is 0.0934. The van der Waals surface area contributed by atoms with Crippen LogP contribution in [0.2, 0.25) is 0 Å². The topological polar surface area (TPSA) is 52.9 Å². The number of hydrogen-bond donors (Lipinski definition) is 1. The minimum atomic E-state index is -0.386. The normalized spacial score (nSPS) is 11.5.